The van der Waals surface area contributed by atoms with Crippen LogP contribution >= 0.6 is 22.9 Å². The highest BCUT2D eigenvalue weighted by atomic mass is 35.5. The van der Waals surface area contributed by atoms with Gasteiger partial charge in [0.1, 0.15) is 23.3 Å². The summed E-state index contributed by atoms with van der Waals surface area (Å²) >= 11 is 7.31. The van der Waals surface area contributed by atoms with Crippen molar-refractivity contribution in [3.05, 3.63) is 57.2 Å². The fourth-order valence-electron chi connectivity index (χ4n) is 1.80. The standard InChI is InChI=1S/C13H8ClFO2S/c14-9-3-4-18-13(9)12(16)11-6-7-5-8(15)1-2-10(7)17-11/h1-6,12,16H. The fourth-order valence-corrected chi connectivity index (χ4v) is 2.95. The number of hydrogen-bond acceptors (Lipinski definition) is 3. The van der Waals surface area contributed by atoms with Crippen LogP contribution in [-0.2, 0) is 0 Å². The average molecular weight is 283 g/mol. The lowest BCUT2D eigenvalue weighted by Gasteiger charge is -2.04. The molecule has 0 bridgehead atoms. The number of aliphatic hydroxyl groups is 1. The molecule has 2 aromatic heterocycles. The van der Waals surface area contributed by atoms with Crippen molar-refractivity contribution in [1.29, 1.82) is 0 Å². The van der Waals surface area contributed by atoms with Crippen LogP contribution in [0.5, 0.6) is 0 Å². The summed E-state index contributed by atoms with van der Waals surface area (Å²) in [6.07, 6.45) is -0.923. The van der Waals surface area contributed by atoms with Gasteiger partial charge in [-0.05, 0) is 35.7 Å². The van der Waals surface area contributed by atoms with Crippen molar-refractivity contribution in [3.8, 4) is 0 Å². The lowest BCUT2D eigenvalue weighted by atomic mass is 10.2. The largest absolute Gasteiger partial charge is 0.458 e. The number of rotatable bonds is 2. The number of benzene rings is 1. The van der Waals surface area contributed by atoms with E-state index in [9.17, 15) is 9.50 Å². The number of fused-ring (bicyclic) bond motifs is 1. The van der Waals surface area contributed by atoms with Crippen LogP contribution in [-0.4, -0.2) is 5.11 Å². The van der Waals surface area contributed by atoms with Crippen molar-refractivity contribution in [1.82, 2.24) is 0 Å². The molecule has 1 aromatic carbocycles. The zero-order chi connectivity index (χ0) is 12.7. The molecule has 0 aliphatic carbocycles. The first-order valence-corrected chi connectivity index (χ1v) is 6.51. The summed E-state index contributed by atoms with van der Waals surface area (Å²) < 4.78 is 18.6. The number of aliphatic hydroxyl groups excluding tert-OH is 1. The van der Waals surface area contributed by atoms with Gasteiger partial charge in [-0.1, -0.05) is 11.6 Å². The van der Waals surface area contributed by atoms with Gasteiger partial charge in [0.25, 0.3) is 0 Å². The van der Waals surface area contributed by atoms with E-state index in [-0.39, 0.29) is 5.82 Å². The molecule has 0 saturated heterocycles. The second-order valence-electron chi connectivity index (χ2n) is 3.87. The molecule has 0 radical (unpaired) electrons. The Kier molecular flexibility index (Phi) is 2.86. The van der Waals surface area contributed by atoms with Crippen molar-refractivity contribution >= 4 is 33.9 Å². The van der Waals surface area contributed by atoms with Crippen molar-refractivity contribution in [2.24, 2.45) is 0 Å². The minimum atomic E-state index is -0.923. The lowest BCUT2D eigenvalue weighted by Crippen LogP contribution is -1.95. The zero-order valence-electron chi connectivity index (χ0n) is 9.06. The summed E-state index contributed by atoms with van der Waals surface area (Å²) in [5.41, 5.74) is 0.540. The van der Waals surface area contributed by atoms with Gasteiger partial charge in [-0.25, -0.2) is 4.39 Å². The number of thiophene rings is 1. The van der Waals surface area contributed by atoms with Crippen LogP contribution in [0.1, 0.15) is 16.7 Å². The van der Waals surface area contributed by atoms with Gasteiger partial charge in [-0.15, -0.1) is 11.3 Å². The van der Waals surface area contributed by atoms with E-state index in [2.05, 4.69) is 0 Å². The molecule has 2 nitrogen and oxygen atoms in total. The quantitative estimate of drug-likeness (QED) is 0.757. The first-order valence-electron chi connectivity index (χ1n) is 5.25. The Morgan fingerprint density at radius 2 is 2.11 bits per heavy atom. The van der Waals surface area contributed by atoms with Crippen molar-refractivity contribution in [2.75, 3.05) is 0 Å². The van der Waals surface area contributed by atoms with E-state index >= 15 is 0 Å². The molecular weight excluding hydrogens is 275 g/mol. The van der Waals surface area contributed by atoms with Gasteiger partial charge in [0.2, 0.25) is 0 Å². The Bertz CT molecular complexity index is 704. The maximum Gasteiger partial charge on any atom is 0.147 e. The van der Waals surface area contributed by atoms with Gasteiger partial charge in [0.05, 0.1) is 9.90 Å². The summed E-state index contributed by atoms with van der Waals surface area (Å²) in [6.45, 7) is 0. The van der Waals surface area contributed by atoms with E-state index in [1.165, 1.54) is 29.5 Å². The van der Waals surface area contributed by atoms with Crippen molar-refractivity contribution in [2.45, 2.75) is 6.10 Å². The highest BCUT2D eigenvalue weighted by Gasteiger charge is 2.19. The van der Waals surface area contributed by atoms with E-state index < -0.39 is 6.10 Å². The first-order chi connectivity index (χ1) is 8.65. The van der Waals surface area contributed by atoms with E-state index in [4.69, 9.17) is 16.0 Å². The van der Waals surface area contributed by atoms with E-state index in [1.807, 2.05) is 0 Å². The molecule has 1 unspecified atom stereocenters. The van der Waals surface area contributed by atoms with Crippen LogP contribution in [0.3, 0.4) is 0 Å². The van der Waals surface area contributed by atoms with Crippen molar-refractivity contribution in [3.63, 3.8) is 0 Å². The molecule has 3 rings (SSSR count). The second kappa shape index (κ2) is 4.39. The fraction of sp³-hybridized carbons (Fsp3) is 0.0769. The summed E-state index contributed by atoms with van der Waals surface area (Å²) in [7, 11) is 0. The molecule has 18 heavy (non-hydrogen) atoms. The van der Waals surface area contributed by atoms with E-state index in [1.54, 1.807) is 17.5 Å². The van der Waals surface area contributed by atoms with Gasteiger partial charge in [-0.3, -0.25) is 0 Å². The molecule has 0 fully saturated rings. The molecule has 1 atom stereocenters. The molecular formula is C13H8ClFO2S. The second-order valence-corrected chi connectivity index (χ2v) is 5.22. The maximum absolute atomic E-state index is 13.1. The van der Waals surface area contributed by atoms with Gasteiger partial charge < -0.3 is 9.52 Å². The minimum absolute atomic E-state index is 0.335. The Labute approximate surface area is 111 Å². The summed E-state index contributed by atoms with van der Waals surface area (Å²) in [5, 5.41) is 13.1. The third-order valence-electron chi connectivity index (χ3n) is 2.66. The van der Waals surface area contributed by atoms with Gasteiger partial charge >= 0.3 is 0 Å². The molecule has 92 valence electrons. The SMILES string of the molecule is OC(c1cc2cc(F)ccc2o1)c1sccc1Cl. The topological polar surface area (TPSA) is 33.4 Å². The number of halogens is 2. The maximum atomic E-state index is 13.1. The summed E-state index contributed by atoms with van der Waals surface area (Å²) in [4.78, 5) is 0.621. The molecule has 3 aromatic rings. The normalized spacial score (nSPS) is 13.1. The van der Waals surface area contributed by atoms with Gasteiger partial charge in [0.15, 0.2) is 0 Å². The van der Waals surface area contributed by atoms with Crippen LogP contribution in [0.2, 0.25) is 5.02 Å². The predicted molar refractivity (Wildman–Crippen MR) is 69.6 cm³/mol. The molecule has 0 spiro atoms. The highest BCUT2D eigenvalue weighted by molar-refractivity contribution is 7.10. The van der Waals surface area contributed by atoms with Crippen LogP contribution in [0, 0.1) is 5.82 Å². The molecule has 5 heteroatoms. The Morgan fingerprint density at radius 1 is 1.28 bits per heavy atom. The smallest absolute Gasteiger partial charge is 0.147 e. The monoisotopic (exact) mass is 282 g/mol. The van der Waals surface area contributed by atoms with Crippen LogP contribution in [0.4, 0.5) is 4.39 Å². The Morgan fingerprint density at radius 3 is 2.83 bits per heavy atom. The summed E-state index contributed by atoms with van der Waals surface area (Å²) in [5.74, 6) is 0.0263. The molecule has 1 N–H and O–H groups in total. The molecule has 0 aliphatic heterocycles. The molecule has 0 saturated carbocycles. The molecule has 2 heterocycles. The van der Waals surface area contributed by atoms with Crippen LogP contribution in [0.15, 0.2) is 40.1 Å². The predicted octanol–water partition coefficient (Wildman–Crippen LogP) is 4.37. The van der Waals surface area contributed by atoms with E-state index in [0.717, 1.165) is 0 Å². The van der Waals surface area contributed by atoms with Gasteiger partial charge in [-0.2, -0.15) is 0 Å². The van der Waals surface area contributed by atoms with Crippen LogP contribution in [0.25, 0.3) is 11.0 Å². The van der Waals surface area contributed by atoms with Gasteiger partial charge in [0, 0.05) is 5.39 Å². The number of hydrogen-bond donors (Lipinski definition) is 1. The third-order valence-corrected chi connectivity index (χ3v) is 4.07. The number of furan rings is 1. The van der Waals surface area contributed by atoms with E-state index in [0.29, 0.717) is 26.6 Å². The molecule has 0 aliphatic rings. The minimum Gasteiger partial charge on any atom is -0.458 e. The highest BCUT2D eigenvalue weighted by Crippen LogP contribution is 2.35. The third kappa shape index (κ3) is 1.92. The average Bonchev–Trinajstić information content (AvgIpc) is 2.93. The van der Waals surface area contributed by atoms with Crippen molar-refractivity contribution < 1.29 is 13.9 Å². The molecule has 0 amide bonds. The first kappa shape index (κ1) is 11.7. The zero-order valence-corrected chi connectivity index (χ0v) is 10.6. The Hall–Kier alpha value is -1.36. The summed E-state index contributed by atoms with van der Waals surface area (Å²) in [6, 6.07) is 7.56. The Balaban J connectivity index is 2.07. The van der Waals surface area contributed by atoms with Crippen LogP contribution < -0.4 is 0 Å². The lowest BCUT2D eigenvalue weighted by molar-refractivity contribution is 0.196.